The van der Waals surface area contributed by atoms with Gasteiger partial charge in [-0.05, 0) is 61.1 Å². The van der Waals surface area contributed by atoms with Gasteiger partial charge in [0.05, 0.1) is 5.69 Å². The predicted molar refractivity (Wildman–Crippen MR) is 120 cm³/mol. The Morgan fingerprint density at radius 3 is 2.31 bits per heavy atom. The van der Waals surface area contributed by atoms with E-state index in [9.17, 15) is 4.79 Å². The van der Waals surface area contributed by atoms with E-state index >= 15 is 0 Å². The van der Waals surface area contributed by atoms with Crippen LogP contribution in [0, 0.1) is 17.8 Å². The molecule has 2 aromatic rings. The summed E-state index contributed by atoms with van der Waals surface area (Å²) < 4.78 is 1.93. The second-order valence-electron chi connectivity index (χ2n) is 10.5. The van der Waals surface area contributed by atoms with Gasteiger partial charge in [-0.25, -0.2) is 4.68 Å². The summed E-state index contributed by atoms with van der Waals surface area (Å²) in [5.41, 5.74) is 4.64. The van der Waals surface area contributed by atoms with Gasteiger partial charge in [-0.2, -0.15) is 5.10 Å². The minimum absolute atomic E-state index is 0.0284. The normalized spacial score (nSPS) is 14.8. The first-order valence-corrected chi connectivity index (χ1v) is 11.0. The van der Waals surface area contributed by atoms with E-state index in [1.54, 1.807) is 0 Å². The molecular weight excluding hydrogens is 382 g/mol. The molecule has 0 unspecified atom stereocenters. The maximum absolute atomic E-state index is 13.4. The van der Waals surface area contributed by atoms with Crippen LogP contribution in [0.25, 0.3) is 5.69 Å². The number of aryl methyl sites for hydroxylation is 1. The van der Waals surface area contributed by atoms with Gasteiger partial charge in [0.25, 0.3) is 5.91 Å². The van der Waals surface area contributed by atoms with E-state index in [2.05, 4.69) is 46.9 Å². The second-order valence-corrected chi connectivity index (χ2v) is 10.9. The third-order valence-corrected chi connectivity index (χ3v) is 6.21. The molecule has 158 valence electrons. The molecule has 1 aromatic carbocycles. The molecule has 0 fully saturated rings. The minimum Gasteiger partial charge on any atom is -0.347 e. The van der Waals surface area contributed by atoms with Crippen LogP contribution in [0.3, 0.4) is 0 Å². The highest BCUT2D eigenvalue weighted by molar-refractivity contribution is 6.31. The van der Waals surface area contributed by atoms with Gasteiger partial charge in [-0.1, -0.05) is 59.2 Å². The maximum Gasteiger partial charge on any atom is 0.272 e. The van der Waals surface area contributed by atoms with Crippen molar-refractivity contribution < 1.29 is 4.79 Å². The fourth-order valence-electron chi connectivity index (χ4n) is 4.64. The highest BCUT2D eigenvalue weighted by Crippen LogP contribution is 2.34. The Kier molecular flexibility index (Phi) is 5.88. The van der Waals surface area contributed by atoms with Gasteiger partial charge in [0.1, 0.15) is 0 Å². The van der Waals surface area contributed by atoms with Crippen molar-refractivity contribution in [3.05, 3.63) is 45.7 Å². The molecule has 0 radical (unpaired) electrons. The largest absolute Gasteiger partial charge is 0.347 e. The monoisotopic (exact) mass is 415 g/mol. The fraction of sp³-hybridized carbons (Fsp3) is 0.583. The van der Waals surface area contributed by atoms with E-state index in [1.807, 2.05) is 29.8 Å². The molecule has 5 heteroatoms. The number of halogens is 1. The fourth-order valence-corrected chi connectivity index (χ4v) is 4.81. The van der Waals surface area contributed by atoms with E-state index < -0.39 is 0 Å². The molecule has 0 bridgehead atoms. The Balaban J connectivity index is 2.02. The van der Waals surface area contributed by atoms with Crippen LogP contribution >= 0.6 is 11.6 Å². The van der Waals surface area contributed by atoms with Crippen molar-refractivity contribution in [2.24, 2.45) is 10.8 Å². The van der Waals surface area contributed by atoms with Gasteiger partial charge < -0.3 is 5.32 Å². The van der Waals surface area contributed by atoms with Crippen LogP contribution in [0.2, 0.25) is 5.02 Å². The predicted octanol–water partition coefficient (Wildman–Crippen LogP) is 5.90. The molecule has 1 heterocycles. The van der Waals surface area contributed by atoms with Crippen LogP contribution in [0.15, 0.2) is 18.2 Å². The van der Waals surface area contributed by atoms with Crippen LogP contribution in [0.1, 0.15) is 81.7 Å². The first kappa shape index (κ1) is 21.9. The summed E-state index contributed by atoms with van der Waals surface area (Å²) in [5.74, 6) is -0.0741. The van der Waals surface area contributed by atoms with Crippen LogP contribution in [-0.4, -0.2) is 21.7 Å². The first-order valence-electron chi connectivity index (χ1n) is 10.6. The number of carbonyl (C=O) groups is 1. The SMILES string of the molecule is Cc1ccc(-n2nc(C(=O)NC(C(C)(C)C)C(C)(C)C)c3c2CCCC3)cc1Cl. The smallest absolute Gasteiger partial charge is 0.272 e. The van der Waals surface area contributed by atoms with Crippen molar-refractivity contribution in [2.75, 3.05) is 0 Å². The summed E-state index contributed by atoms with van der Waals surface area (Å²) >= 11 is 6.37. The molecule has 0 saturated heterocycles. The van der Waals surface area contributed by atoms with Crippen molar-refractivity contribution in [3.8, 4) is 5.69 Å². The molecule has 1 amide bonds. The average Bonchev–Trinajstić information content (AvgIpc) is 3.00. The molecular formula is C24H34ClN3O. The molecule has 0 atom stereocenters. The maximum atomic E-state index is 13.4. The van der Waals surface area contributed by atoms with Gasteiger partial charge in [0.15, 0.2) is 5.69 Å². The summed E-state index contributed by atoms with van der Waals surface area (Å²) in [4.78, 5) is 13.4. The number of rotatable bonds is 3. The number of nitrogens with zero attached hydrogens (tertiary/aromatic N) is 2. The lowest BCUT2D eigenvalue weighted by atomic mass is 9.72. The quantitative estimate of drug-likeness (QED) is 0.677. The lowest BCUT2D eigenvalue weighted by Gasteiger charge is -2.41. The van der Waals surface area contributed by atoms with Crippen molar-refractivity contribution in [2.45, 2.75) is 80.2 Å². The molecule has 4 nitrogen and oxygen atoms in total. The highest BCUT2D eigenvalue weighted by atomic mass is 35.5. The van der Waals surface area contributed by atoms with Crippen molar-refractivity contribution in [1.82, 2.24) is 15.1 Å². The van der Waals surface area contributed by atoms with Gasteiger partial charge in [-0.15, -0.1) is 0 Å². The molecule has 1 aliphatic rings. The van der Waals surface area contributed by atoms with E-state index in [-0.39, 0.29) is 22.8 Å². The zero-order valence-corrected chi connectivity index (χ0v) is 19.6. The van der Waals surface area contributed by atoms with Crippen molar-refractivity contribution in [3.63, 3.8) is 0 Å². The van der Waals surface area contributed by atoms with E-state index in [4.69, 9.17) is 16.7 Å². The zero-order chi connectivity index (χ0) is 21.6. The molecule has 1 aliphatic carbocycles. The van der Waals surface area contributed by atoms with Crippen molar-refractivity contribution >= 4 is 17.5 Å². The molecule has 0 spiro atoms. The summed E-state index contributed by atoms with van der Waals surface area (Å²) in [6, 6.07) is 6.00. The average molecular weight is 416 g/mol. The van der Waals surface area contributed by atoms with Crippen LogP contribution in [0.5, 0.6) is 0 Å². The topological polar surface area (TPSA) is 46.9 Å². The number of nitrogens with one attached hydrogen (secondary N) is 1. The number of amides is 1. The second kappa shape index (κ2) is 7.79. The van der Waals surface area contributed by atoms with E-state index in [1.165, 1.54) is 0 Å². The summed E-state index contributed by atoms with van der Waals surface area (Å²) in [6.07, 6.45) is 4.04. The van der Waals surface area contributed by atoms with Crippen LogP contribution < -0.4 is 5.32 Å². The van der Waals surface area contributed by atoms with Crippen LogP contribution in [-0.2, 0) is 12.8 Å². The molecule has 0 aliphatic heterocycles. The third kappa shape index (κ3) is 4.53. The summed E-state index contributed by atoms with van der Waals surface area (Å²) in [6.45, 7) is 15.0. The summed E-state index contributed by atoms with van der Waals surface area (Å²) in [7, 11) is 0. The zero-order valence-electron chi connectivity index (χ0n) is 18.8. The number of fused-ring (bicyclic) bond motifs is 1. The molecule has 1 aromatic heterocycles. The molecule has 1 N–H and O–H groups in total. The lowest BCUT2D eigenvalue weighted by Crippen LogP contribution is -2.51. The van der Waals surface area contributed by atoms with Gasteiger partial charge >= 0.3 is 0 Å². The van der Waals surface area contributed by atoms with Gasteiger partial charge in [0, 0.05) is 22.3 Å². The van der Waals surface area contributed by atoms with Gasteiger partial charge in [0.2, 0.25) is 0 Å². The highest BCUT2D eigenvalue weighted by Gasteiger charge is 2.37. The van der Waals surface area contributed by atoms with Crippen LogP contribution in [0.4, 0.5) is 0 Å². The molecule has 3 rings (SSSR count). The third-order valence-electron chi connectivity index (χ3n) is 5.80. The minimum atomic E-state index is -0.0741. The Hall–Kier alpha value is -1.81. The molecule has 29 heavy (non-hydrogen) atoms. The van der Waals surface area contributed by atoms with E-state index in [0.717, 1.165) is 48.2 Å². The molecule has 0 saturated carbocycles. The lowest BCUT2D eigenvalue weighted by molar-refractivity contribution is 0.0789. The standard InChI is InChI=1S/C24H34ClN3O/c1-15-12-13-16(14-18(15)25)28-19-11-9-8-10-17(19)20(27-28)21(29)26-22(23(2,3)4)24(5,6)7/h12-14,22H,8-11H2,1-7H3,(H,26,29). The Labute approximate surface area is 180 Å². The number of aromatic nitrogens is 2. The number of benzene rings is 1. The Morgan fingerprint density at radius 1 is 1.10 bits per heavy atom. The van der Waals surface area contributed by atoms with E-state index in [0.29, 0.717) is 10.7 Å². The van der Waals surface area contributed by atoms with Crippen molar-refractivity contribution in [1.29, 1.82) is 0 Å². The number of hydrogen-bond acceptors (Lipinski definition) is 2. The number of hydrogen-bond donors (Lipinski definition) is 1. The Bertz CT molecular complexity index is 901. The Morgan fingerprint density at radius 2 is 1.72 bits per heavy atom. The number of carbonyl (C=O) groups excluding carboxylic acids is 1. The van der Waals surface area contributed by atoms with Gasteiger partial charge in [-0.3, -0.25) is 4.79 Å². The summed E-state index contributed by atoms with van der Waals surface area (Å²) in [5, 5.41) is 8.82. The first-order chi connectivity index (χ1) is 13.4.